The first-order chi connectivity index (χ1) is 7.95. The quantitative estimate of drug-likeness (QED) is 0.597. The molecular weight excluding hydrogens is 236 g/mol. The Morgan fingerprint density at radius 1 is 1.29 bits per heavy atom. The molecule has 0 aliphatic carbocycles. The van der Waals surface area contributed by atoms with Gasteiger partial charge >= 0.3 is 10.1 Å². The summed E-state index contributed by atoms with van der Waals surface area (Å²) in [6.45, 7) is 5.59. The molecule has 0 amide bonds. The minimum atomic E-state index is -3.67. The van der Waals surface area contributed by atoms with E-state index in [2.05, 4.69) is 0 Å². The van der Waals surface area contributed by atoms with Crippen molar-refractivity contribution in [2.24, 2.45) is 0 Å². The second-order valence-electron chi connectivity index (χ2n) is 3.95. The van der Waals surface area contributed by atoms with Crippen LogP contribution in [0.2, 0.25) is 0 Å². The molecule has 0 aliphatic heterocycles. The van der Waals surface area contributed by atoms with Gasteiger partial charge in [-0.3, -0.25) is 0 Å². The van der Waals surface area contributed by atoms with Gasteiger partial charge in [0.1, 0.15) is 10.7 Å². The van der Waals surface area contributed by atoms with Crippen molar-refractivity contribution in [3.63, 3.8) is 0 Å². The third-order valence-corrected chi connectivity index (χ3v) is 3.60. The summed E-state index contributed by atoms with van der Waals surface area (Å²) in [6, 6.07) is 6.61. The molecule has 3 nitrogen and oxygen atoms in total. The highest BCUT2D eigenvalue weighted by molar-refractivity contribution is 7.86. The van der Waals surface area contributed by atoms with E-state index in [0.29, 0.717) is 5.76 Å². The molecule has 0 atom stereocenters. The summed E-state index contributed by atoms with van der Waals surface area (Å²) in [7, 11) is -3.67. The van der Waals surface area contributed by atoms with Crippen molar-refractivity contribution in [1.82, 2.24) is 0 Å². The van der Waals surface area contributed by atoms with Crippen molar-refractivity contribution in [1.29, 1.82) is 0 Å². The third kappa shape index (κ3) is 4.23. The van der Waals surface area contributed by atoms with Gasteiger partial charge < -0.3 is 4.18 Å². The van der Waals surface area contributed by atoms with Crippen LogP contribution < -0.4 is 0 Å². The van der Waals surface area contributed by atoms with E-state index in [-0.39, 0.29) is 4.90 Å². The maximum Gasteiger partial charge on any atom is 0.338 e. The number of allylic oxidation sites excluding steroid dienone is 2. The number of rotatable bonds is 5. The van der Waals surface area contributed by atoms with Gasteiger partial charge in [-0.2, -0.15) is 8.42 Å². The van der Waals surface area contributed by atoms with Gasteiger partial charge in [-0.1, -0.05) is 31.0 Å². The molecule has 94 valence electrons. The fraction of sp³-hybridized carbons (Fsp3) is 0.385. The van der Waals surface area contributed by atoms with Crippen LogP contribution in [-0.4, -0.2) is 8.42 Å². The molecule has 0 unspecified atom stereocenters. The van der Waals surface area contributed by atoms with Crippen LogP contribution in [0.3, 0.4) is 0 Å². The molecule has 0 heterocycles. The first kappa shape index (κ1) is 13.8. The summed E-state index contributed by atoms with van der Waals surface area (Å²) in [6.07, 6.45) is 3.56. The van der Waals surface area contributed by atoms with E-state index in [9.17, 15) is 8.42 Å². The predicted octanol–water partition coefficient (Wildman–Crippen LogP) is 3.40. The van der Waals surface area contributed by atoms with Gasteiger partial charge in [0.05, 0.1) is 0 Å². The molecule has 17 heavy (non-hydrogen) atoms. The standard InChI is InChI=1S/C13H18O3S/c1-4-5-6-12(3)16-17(14,15)13-9-7-11(2)8-10-13/h6-10H,4-5H2,1-3H3/b12-6+. The highest BCUT2D eigenvalue weighted by atomic mass is 32.2. The van der Waals surface area contributed by atoms with Crippen LogP contribution in [0.5, 0.6) is 0 Å². The van der Waals surface area contributed by atoms with Crippen LogP contribution in [0, 0.1) is 6.92 Å². The van der Waals surface area contributed by atoms with Crippen LogP contribution in [0.15, 0.2) is 41.0 Å². The fourth-order valence-electron chi connectivity index (χ4n) is 1.31. The largest absolute Gasteiger partial charge is 0.384 e. The Morgan fingerprint density at radius 2 is 1.88 bits per heavy atom. The maximum atomic E-state index is 11.9. The van der Waals surface area contributed by atoms with E-state index in [1.807, 2.05) is 13.8 Å². The van der Waals surface area contributed by atoms with E-state index < -0.39 is 10.1 Å². The number of hydrogen-bond donors (Lipinski definition) is 0. The van der Waals surface area contributed by atoms with Gasteiger partial charge in [0.25, 0.3) is 0 Å². The van der Waals surface area contributed by atoms with Crippen molar-refractivity contribution >= 4 is 10.1 Å². The zero-order valence-corrected chi connectivity index (χ0v) is 11.3. The minimum Gasteiger partial charge on any atom is -0.384 e. The molecule has 1 aromatic carbocycles. The highest BCUT2D eigenvalue weighted by Gasteiger charge is 2.15. The summed E-state index contributed by atoms with van der Waals surface area (Å²) in [5.74, 6) is 0.424. The SMILES string of the molecule is CCC/C=C(\C)OS(=O)(=O)c1ccc(C)cc1. The lowest BCUT2D eigenvalue weighted by Gasteiger charge is -2.07. The Labute approximate surface area is 103 Å². The Balaban J connectivity index is 2.86. The average Bonchev–Trinajstić information content (AvgIpc) is 2.26. The first-order valence-electron chi connectivity index (χ1n) is 5.63. The average molecular weight is 254 g/mol. The second kappa shape index (κ2) is 5.87. The normalized spacial score (nSPS) is 12.5. The molecule has 0 radical (unpaired) electrons. The topological polar surface area (TPSA) is 43.4 Å². The van der Waals surface area contributed by atoms with Gasteiger partial charge in [0.2, 0.25) is 0 Å². The third-order valence-electron chi connectivity index (χ3n) is 2.27. The van der Waals surface area contributed by atoms with E-state index >= 15 is 0 Å². The van der Waals surface area contributed by atoms with Crippen LogP contribution in [0.25, 0.3) is 0 Å². The Kier molecular flexibility index (Phi) is 4.75. The molecule has 0 aliphatic rings. The molecule has 0 aromatic heterocycles. The monoisotopic (exact) mass is 254 g/mol. The lowest BCUT2D eigenvalue weighted by atomic mass is 10.2. The van der Waals surface area contributed by atoms with Crippen molar-refractivity contribution in [3.05, 3.63) is 41.7 Å². The van der Waals surface area contributed by atoms with Gasteiger partial charge in [0, 0.05) is 0 Å². The van der Waals surface area contributed by atoms with Gasteiger partial charge in [0.15, 0.2) is 0 Å². The lowest BCUT2D eigenvalue weighted by Crippen LogP contribution is -2.05. The van der Waals surface area contributed by atoms with Gasteiger partial charge in [-0.25, -0.2) is 0 Å². The summed E-state index contributed by atoms with van der Waals surface area (Å²) < 4.78 is 28.7. The molecule has 0 bridgehead atoms. The fourth-order valence-corrected chi connectivity index (χ4v) is 2.29. The number of hydrogen-bond acceptors (Lipinski definition) is 3. The van der Waals surface area contributed by atoms with Crippen molar-refractivity contribution in [3.8, 4) is 0 Å². The number of aryl methyl sites for hydroxylation is 1. The summed E-state index contributed by atoms with van der Waals surface area (Å²) in [5, 5.41) is 0. The van der Waals surface area contributed by atoms with Crippen molar-refractivity contribution in [2.75, 3.05) is 0 Å². The maximum absolute atomic E-state index is 11.9. The number of benzene rings is 1. The van der Waals surface area contributed by atoms with E-state index in [1.54, 1.807) is 37.3 Å². The zero-order chi connectivity index (χ0) is 12.9. The summed E-state index contributed by atoms with van der Waals surface area (Å²) >= 11 is 0. The molecule has 0 saturated heterocycles. The van der Waals surface area contributed by atoms with Crippen molar-refractivity contribution in [2.45, 2.75) is 38.5 Å². The molecule has 0 saturated carbocycles. The van der Waals surface area contributed by atoms with E-state index in [1.165, 1.54) is 0 Å². The van der Waals surface area contributed by atoms with E-state index in [0.717, 1.165) is 18.4 Å². The Morgan fingerprint density at radius 3 is 2.41 bits per heavy atom. The Hall–Kier alpha value is -1.29. The predicted molar refractivity (Wildman–Crippen MR) is 68.1 cm³/mol. The first-order valence-corrected chi connectivity index (χ1v) is 7.04. The summed E-state index contributed by atoms with van der Waals surface area (Å²) in [4.78, 5) is 0.187. The molecule has 1 rings (SSSR count). The molecule has 0 fully saturated rings. The summed E-state index contributed by atoms with van der Waals surface area (Å²) in [5.41, 5.74) is 1.02. The smallest absolute Gasteiger partial charge is 0.338 e. The van der Waals surface area contributed by atoms with Crippen LogP contribution >= 0.6 is 0 Å². The Bertz CT molecular complexity index is 484. The molecular formula is C13H18O3S. The number of unbranched alkanes of at least 4 members (excludes halogenated alkanes) is 1. The van der Waals surface area contributed by atoms with Crippen LogP contribution in [0.4, 0.5) is 0 Å². The molecule has 1 aromatic rings. The van der Waals surface area contributed by atoms with Gasteiger partial charge in [-0.15, -0.1) is 0 Å². The van der Waals surface area contributed by atoms with Gasteiger partial charge in [-0.05, 0) is 38.5 Å². The second-order valence-corrected chi connectivity index (χ2v) is 5.50. The van der Waals surface area contributed by atoms with Crippen LogP contribution in [0.1, 0.15) is 32.3 Å². The highest BCUT2D eigenvalue weighted by Crippen LogP contribution is 2.16. The molecule has 4 heteroatoms. The van der Waals surface area contributed by atoms with Crippen LogP contribution in [-0.2, 0) is 14.3 Å². The zero-order valence-electron chi connectivity index (χ0n) is 10.4. The molecule has 0 N–H and O–H groups in total. The minimum absolute atomic E-state index is 0.187. The molecule has 0 spiro atoms. The van der Waals surface area contributed by atoms with Crippen molar-refractivity contribution < 1.29 is 12.6 Å². The lowest BCUT2D eigenvalue weighted by molar-refractivity contribution is 0.406. The van der Waals surface area contributed by atoms with E-state index in [4.69, 9.17) is 4.18 Å².